The molecule has 10 heavy (non-hydrogen) atoms. The quantitative estimate of drug-likeness (QED) is 0.566. The number of nitrogens with one attached hydrogen (secondary N) is 1. The second kappa shape index (κ2) is 1.73. The van der Waals surface area contributed by atoms with Crippen molar-refractivity contribution in [2.24, 2.45) is 10.2 Å². The van der Waals surface area contributed by atoms with E-state index < -0.39 is 0 Å². The Hall–Kier alpha value is -1.52. The van der Waals surface area contributed by atoms with Crippen LogP contribution in [0.25, 0.3) is 0 Å². The Morgan fingerprint density at radius 3 is 3.30 bits per heavy atom. The van der Waals surface area contributed by atoms with Crippen molar-refractivity contribution in [1.29, 1.82) is 0 Å². The number of H-pyrrole nitrogens is 1. The van der Waals surface area contributed by atoms with Crippen LogP contribution in [0.2, 0.25) is 0 Å². The second-order valence-electron chi connectivity index (χ2n) is 1.98. The predicted molar refractivity (Wildman–Crippen MR) is 31.8 cm³/mol. The molecule has 1 N–H and O–H groups in total. The second-order valence-corrected chi connectivity index (χ2v) is 1.98. The number of amides is 1. The maximum atomic E-state index is 10.6. The van der Waals surface area contributed by atoms with Gasteiger partial charge in [0.15, 0.2) is 5.82 Å². The third-order valence-electron chi connectivity index (χ3n) is 1.28. The molecule has 0 fully saturated rings. The highest BCUT2D eigenvalue weighted by Crippen LogP contribution is 2.18. The van der Waals surface area contributed by atoms with Crippen LogP contribution in [0.4, 0.5) is 5.82 Å². The molecule has 5 heteroatoms. The summed E-state index contributed by atoms with van der Waals surface area (Å²) in [6, 6.07) is 0. The normalized spacial score (nSPS) is 15.4. The molecular weight excluding hydrogens is 132 g/mol. The Morgan fingerprint density at radius 2 is 2.40 bits per heavy atom. The Balaban J connectivity index is 2.52. The summed E-state index contributed by atoms with van der Waals surface area (Å²) in [7, 11) is 0. The van der Waals surface area contributed by atoms with E-state index in [1.807, 2.05) is 0 Å². The number of hydrogen-bond acceptors (Lipinski definition) is 3. The molecule has 1 aliphatic heterocycles. The zero-order valence-corrected chi connectivity index (χ0v) is 5.03. The average molecular weight is 136 g/mol. The van der Waals surface area contributed by atoms with E-state index >= 15 is 0 Å². The molecular formula is C5H4N4O. The number of rotatable bonds is 0. The first kappa shape index (κ1) is 5.28. The number of carbonyl (C=O) groups excluding carboxylic acids is 1. The fraction of sp³-hybridized carbons (Fsp3) is 0.200. The van der Waals surface area contributed by atoms with Crippen molar-refractivity contribution in [1.82, 2.24) is 9.97 Å². The third-order valence-corrected chi connectivity index (χ3v) is 1.28. The van der Waals surface area contributed by atoms with Gasteiger partial charge in [0, 0.05) is 0 Å². The summed E-state index contributed by atoms with van der Waals surface area (Å²) in [5.74, 6) is 0.302. The largest absolute Gasteiger partial charge is 0.346 e. The zero-order valence-electron chi connectivity index (χ0n) is 5.03. The van der Waals surface area contributed by atoms with E-state index in [-0.39, 0.29) is 5.91 Å². The van der Waals surface area contributed by atoms with Crippen LogP contribution in [0.3, 0.4) is 0 Å². The first-order chi connectivity index (χ1) is 4.86. The minimum atomic E-state index is -0.225. The molecule has 0 bridgehead atoms. The van der Waals surface area contributed by atoms with Crippen molar-refractivity contribution < 1.29 is 4.79 Å². The number of carbonyl (C=O) groups is 1. The van der Waals surface area contributed by atoms with E-state index in [0.717, 1.165) is 5.69 Å². The van der Waals surface area contributed by atoms with E-state index in [1.54, 1.807) is 0 Å². The van der Waals surface area contributed by atoms with Crippen LogP contribution >= 0.6 is 0 Å². The zero-order chi connectivity index (χ0) is 6.97. The Labute approximate surface area is 56.2 Å². The number of imidazole rings is 1. The van der Waals surface area contributed by atoms with Crippen LogP contribution in [-0.4, -0.2) is 15.9 Å². The van der Waals surface area contributed by atoms with Crippen LogP contribution in [0.15, 0.2) is 16.6 Å². The summed E-state index contributed by atoms with van der Waals surface area (Å²) in [6.07, 6.45) is 1.79. The summed E-state index contributed by atoms with van der Waals surface area (Å²) in [4.78, 5) is 17.2. The third kappa shape index (κ3) is 0.637. The van der Waals surface area contributed by atoms with Gasteiger partial charge >= 0.3 is 0 Å². The number of aromatic nitrogens is 2. The summed E-state index contributed by atoms with van der Waals surface area (Å²) in [6.45, 7) is 0. The van der Waals surface area contributed by atoms with Gasteiger partial charge in [-0.15, -0.1) is 10.2 Å². The molecule has 5 nitrogen and oxygen atoms in total. The van der Waals surface area contributed by atoms with Crippen molar-refractivity contribution >= 4 is 11.7 Å². The van der Waals surface area contributed by atoms with Crippen molar-refractivity contribution in [2.45, 2.75) is 6.42 Å². The number of hydrogen-bond donors (Lipinski definition) is 1. The van der Waals surface area contributed by atoms with Crippen molar-refractivity contribution in [3.05, 3.63) is 12.0 Å². The predicted octanol–water partition coefficient (Wildman–Crippen LogP) is 0.576. The van der Waals surface area contributed by atoms with E-state index in [4.69, 9.17) is 0 Å². The molecule has 0 unspecified atom stereocenters. The molecule has 0 aromatic carbocycles. The van der Waals surface area contributed by atoms with Crippen LogP contribution < -0.4 is 0 Å². The van der Waals surface area contributed by atoms with E-state index in [0.29, 0.717) is 12.2 Å². The highest BCUT2D eigenvalue weighted by molar-refractivity contribution is 5.81. The molecule has 50 valence electrons. The van der Waals surface area contributed by atoms with Gasteiger partial charge < -0.3 is 4.98 Å². The maximum Gasteiger partial charge on any atom is 0.270 e. The highest BCUT2D eigenvalue weighted by Gasteiger charge is 2.14. The molecule has 2 heterocycles. The van der Waals surface area contributed by atoms with Crippen molar-refractivity contribution in [2.75, 3.05) is 0 Å². The van der Waals surface area contributed by atoms with Crippen LogP contribution in [0, 0.1) is 0 Å². The summed E-state index contributed by atoms with van der Waals surface area (Å²) < 4.78 is 0. The lowest BCUT2D eigenvalue weighted by atomic mass is 10.3. The van der Waals surface area contributed by atoms with Gasteiger partial charge in [0.1, 0.15) is 0 Å². The maximum absolute atomic E-state index is 10.6. The average Bonchev–Trinajstić information content (AvgIpc) is 2.33. The van der Waals surface area contributed by atoms with Gasteiger partial charge in [-0.25, -0.2) is 4.98 Å². The minimum Gasteiger partial charge on any atom is -0.346 e. The lowest BCUT2D eigenvalue weighted by molar-refractivity contribution is -0.117. The van der Waals surface area contributed by atoms with Crippen LogP contribution in [0.5, 0.6) is 0 Å². The van der Waals surface area contributed by atoms with Gasteiger partial charge in [-0.3, -0.25) is 4.79 Å². The highest BCUT2D eigenvalue weighted by atomic mass is 16.1. The first-order valence-corrected chi connectivity index (χ1v) is 2.83. The number of nitrogens with zero attached hydrogens (tertiary/aromatic N) is 3. The van der Waals surface area contributed by atoms with Gasteiger partial charge in [-0.05, 0) is 0 Å². The van der Waals surface area contributed by atoms with Crippen molar-refractivity contribution in [3.8, 4) is 0 Å². The summed E-state index contributed by atoms with van der Waals surface area (Å²) in [5, 5.41) is 6.91. The van der Waals surface area contributed by atoms with Crippen molar-refractivity contribution in [3.63, 3.8) is 0 Å². The standard InChI is InChI=1S/C5H4N4O/c10-4-1-3-5(9-8-4)7-2-6-3/h2H,1H2,(H,6,7). The van der Waals surface area contributed by atoms with Gasteiger partial charge in [0.05, 0.1) is 18.4 Å². The number of azo groups is 1. The number of aromatic amines is 1. The first-order valence-electron chi connectivity index (χ1n) is 2.83. The molecule has 0 spiro atoms. The molecule has 0 saturated heterocycles. The molecule has 1 amide bonds. The minimum absolute atomic E-state index is 0.225. The Kier molecular flexibility index (Phi) is 0.913. The summed E-state index contributed by atoms with van der Waals surface area (Å²) in [5.41, 5.74) is 0.750. The molecule has 1 aromatic heterocycles. The number of fused-ring (bicyclic) bond motifs is 1. The van der Waals surface area contributed by atoms with Gasteiger partial charge in [-0.1, -0.05) is 0 Å². The fourth-order valence-corrected chi connectivity index (χ4v) is 0.820. The van der Waals surface area contributed by atoms with Gasteiger partial charge in [-0.2, -0.15) is 0 Å². The molecule has 0 aliphatic carbocycles. The molecule has 0 saturated carbocycles. The van der Waals surface area contributed by atoms with Gasteiger partial charge in [0.25, 0.3) is 5.91 Å². The molecule has 2 rings (SSSR count). The van der Waals surface area contributed by atoms with Gasteiger partial charge in [0.2, 0.25) is 0 Å². The topological polar surface area (TPSA) is 70.5 Å². The fourth-order valence-electron chi connectivity index (χ4n) is 0.820. The van der Waals surface area contributed by atoms with Crippen LogP contribution in [-0.2, 0) is 11.2 Å². The lowest BCUT2D eigenvalue weighted by Crippen LogP contribution is -2.01. The molecule has 1 aromatic rings. The summed E-state index contributed by atoms with van der Waals surface area (Å²) >= 11 is 0. The lowest BCUT2D eigenvalue weighted by Gasteiger charge is -1.97. The Bertz CT molecular complexity index is 300. The molecule has 0 atom stereocenters. The van der Waals surface area contributed by atoms with E-state index in [2.05, 4.69) is 20.2 Å². The van der Waals surface area contributed by atoms with E-state index in [9.17, 15) is 4.79 Å². The van der Waals surface area contributed by atoms with E-state index in [1.165, 1.54) is 6.33 Å². The molecule has 1 aliphatic rings. The molecule has 0 radical (unpaired) electrons. The SMILES string of the molecule is O=C1Cc2[nH]cnc2N=N1. The van der Waals surface area contributed by atoms with Crippen LogP contribution in [0.1, 0.15) is 5.69 Å². The Morgan fingerprint density at radius 1 is 1.50 bits per heavy atom. The smallest absolute Gasteiger partial charge is 0.270 e. The monoisotopic (exact) mass is 136 g/mol.